The van der Waals surface area contributed by atoms with E-state index in [0.717, 1.165) is 32.2 Å². The van der Waals surface area contributed by atoms with Crippen molar-refractivity contribution in [3.05, 3.63) is 0 Å². The van der Waals surface area contributed by atoms with Crippen molar-refractivity contribution in [2.24, 2.45) is 5.92 Å². The van der Waals surface area contributed by atoms with E-state index < -0.39 is 0 Å². The third kappa shape index (κ3) is 6.43. The van der Waals surface area contributed by atoms with Crippen LogP contribution >= 0.6 is 0 Å². The van der Waals surface area contributed by atoms with Crippen LogP contribution in [0, 0.1) is 5.92 Å². The van der Waals surface area contributed by atoms with Gasteiger partial charge in [-0.1, -0.05) is 6.92 Å². The Labute approximate surface area is 99.3 Å². The molecule has 0 aliphatic carbocycles. The second-order valence-electron chi connectivity index (χ2n) is 4.57. The van der Waals surface area contributed by atoms with Crippen LogP contribution < -0.4 is 5.32 Å². The zero-order valence-corrected chi connectivity index (χ0v) is 10.7. The van der Waals surface area contributed by atoms with Crippen molar-refractivity contribution in [2.45, 2.75) is 13.3 Å². The number of hydrogen-bond donors (Lipinski definition) is 1. The van der Waals surface area contributed by atoms with E-state index in [1.54, 1.807) is 7.11 Å². The van der Waals surface area contributed by atoms with Gasteiger partial charge in [0.05, 0.1) is 19.8 Å². The van der Waals surface area contributed by atoms with Gasteiger partial charge in [-0.05, 0) is 32.0 Å². The van der Waals surface area contributed by atoms with Crippen molar-refractivity contribution in [3.63, 3.8) is 0 Å². The fourth-order valence-corrected chi connectivity index (χ4v) is 2.01. The zero-order chi connectivity index (χ0) is 11.6. The van der Waals surface area contributed by atoms with Crippen molar-refractivity contribution >= 4 is 0 Å². The average Bonchev–Trinajstić information content (AvgIpc) is 2.24. The normalized spacial score (nSPS) is 24.0. The fourth-order valence-electron chi connectivity index (χ4n) is 2.01. The molecule has 0 radical (unpaired) electrons. The largest absolute Gasteiger partial charge is 0.382 e. The van der Waals surface area contributed by atoms with Crippen molar-refractivity contribution in [1.82, 2.24) is 10.2 Å². The van der Waals surface area contributed by atoms with Crippen LogP contribution in [0.5, 0.6) is 0 Å². The first-order valence-electron chi connectivity index (χ1n) is 6.32. The monoisotopic (exact) mass is 230 g/mol. The SMILES string of the molecule is COCCOCCN1CCCNCC(C)C1. The highest BCUT2D eigenvalue weighted by atomic mass is 16.5. The van der Waals surface area contributed by atoms with E-state index in [4.69, 9.17) is 9.47 Å². The summed E-state index contributed by atoms with van der Waals surface area (Å²) in [4.78, 5) is 2.51. The summed E-state index contributed by atoms with van der Waals surface area (Å²) in [5.41, 5.74) is 0. The third-order valence-electron chi connectivity index (χ3n) is 2.87. The second kappa shape index (κ2) is 8.93. The predicted octanol–water partition coefficient (Wildman–Crippen LogP) is 0.581. The smallest absolute Gasteiger partial charge is 0.0700 e. The molecule has 0 saturated carbocycles. The van der Waals surface area contributed by atoms with Crippen molar-refractivity contribution in [1.29, 1.82) is 0 Å². The van der Waals surface area contributed by atoms with Gasteiger partial charge >= 0.3 is 0 Å². The summed E-state index contributed by atoms with van der Waals surface area (Å²) >= 11 is 0. The predicted molar refractivity (Wildman–Crippen MR) is 65.8 cm³/mol. The van der Waals surface area contributed by atoms with Crippen LogP contribution in [-0.4, -0.2) is 64.6 Å². The van der Waals surface area contributed by atoms with Gasteiger partial charge in [0.25, 0.3) is 0 Å². The van der Waals surface area contributed by atoms with Gasteiger partial charge in [-0.15, -0.1) is 0 Å². The molecule has 0 spiro atoms. The molecule has 1 heterocycles. The van der Waals surface area contributed by atoms with Crippen LogP contribution in [0.2, 0.25) is 0 Å². The Kier molecular flexibility index (Phi) is 7.76. The summed E-state index contributed by atoms with van der Waals surface area (Å²) in [6.45, 7) is 10.2. The summed E-state index contributed by atoms with van der Waals surface area (Å²) in [6, 6.07) is 0. The molecule has 1 unspecified atom stereocenters. The zero-order valence-electron chi connectivity index (χ0n) is 10.7. The van der Waals surface area contributed by atoms with Crippen LogP contribution in [0.3, 0.4) is 0 Å². The van der Waals surface area contributed by atoms with Gasteiger partial charge in [-0.25, -0.2) is 0 Å². The molecule has 1 atom stereocenters. The number of nitrogens with zero attached hydrogens (tertiary/aromatic N) is 1. The van der Waals surface area contributed by atoms with Crippen LogP contribution in [0.1, 0.15) is 13.3 Å². The average molecular weight is 230 g/mol. The minimum atomic E-state index is 0.695. The van der Waals surface area contributed by atoms with E-state index in [-0.39, 0.29) is 0 Å². The van der Waals surface area contributed by atoms with E-state index >= 15 is 0 Å². The molecule has 0 aromatic heterocycles. The highest BCUT2D eigenvalue weighted by Crippen LogP contribution is 2.03. The maximum Gasteiger partial charge on any atom is 0.0700 e. The van der Waals surface area contributed by atoms with Crippen molar-refractivity contribution in [3.8, 4) is 0 Å². The molecule has 1 aliphatic heterocycles. The number of methoxy groups -OCH3 is 1. The first kappa shape index (κ1) is 13.9. The van der Waals surface area contributed by atoms with Crippen LogP contribution in [0.15, 0.2) is 0 Å². The number of ether oxygens (including phenoxy) is 2. The van der Waals surface area contributed by atoms with Crippen molar-refractivity contribution in [2.75, 3.05) is 59.7 Å². The Morgan fingerprint density at radius 3 is 3.00 bits per heavy atom. The Bertz CT molecular complexity index is 167. The number of hydrogen-bond acceptors (Lipinski definition) is 4. The lowest BCUT2D eigenvalue weighted by Crippen LogP contribution is -2.40. The van der Waals surface area contributed by atoms with Gasteiger partial charge < -0.3 is 19.7 Å². The minimum absolute atomic E-state index is 0.695. The molecular formula is C12H26N2O2. The lowest BCUT2D eigenvalue weighted by Gasteiger charge is -2.28. The van der Waals surface area contributed by atoms with Crippen LogP contribution in [-0.2, 0) is 9.47 Å². The van der Waals surface area contributed by atoms with Gasteiger partial charge in [-0.3, -0.25) is 0 Å². The standard InChI is InChI=1S/C12H26N2O2/c1-12-10-13-4-3-5-14(11-12)6-7-16-9-8-15-2/h12-13H,3-11H2,1-2H3. The Morgan fingerprint density at radius 2 is 2.19 bits per heavy atom. The van der Waals surface area contributed by atoms with E-state index in [1.807, 2.05) is 0 Å². The first-order valence-corrected chi connectivity index (χ1v) is 6.32. The van der Waals surface area contributed by atoms with Gasteiger partial charge in [0.1, 0.15) is 0 Å². The molecule has 16 heavy (non-hydrogen) atoms. The van der Waals surface area contributed by atoms with E-state index in [0.29, 0.717) is 13.2 Å². The van der Waals surface area contributed by atoms with Crippen molar-refractivity contribution < 1.29 is 9.47 Å². The molecule has 0 bridgehead atoms. The molecular weight excluding hydrogens is 204 g/mol. The first-order chi connectivity index (χ1) is 7.83. The molecule has 1 aliphatic rings. The van der Waals surface area contributed by atoms with E-state index in [1.165, 1.54) is 19.5 Å². The number of rotatable bonds is 6. The maximum atomic E-state index is 5.50. The molecule has 1 fully saturated rings. The summed E-state index contributed by atoms with van der Waals surface area (Å²) in [5, 5.41) is 3.47. The third-order valence-corrected chi connectivity index (χ3v) is 2.87. The Balaban J connectivity index is 2.08. The topological polar surface area (TPSA) is 33.7 Å². The molecule has 4 heteroatoms. The van der Waals surface area contributed by atoms with Gasteiger partial charge in [0.15, 0.2) is 0 Å². The Morgan fingerprint density at radius 1 is 1.31 bits per heavy atom. The van der Waals surface area contributed by atoms with E-state index in [9.17, 15) is 0 Å². The molecule has 1 rings (SSSR count). The van der Waals surface area contributed by atoms with Gasteiger partial charge in [0.2, 0.25) is 0 Å². The number of nitrogens with one attached hydrogen (secondary N) is 1. The summed E-state index contributed by atoms with van der Waals surface area (Å²) < 4.78 is 10.4. The lowest BCUT2D eigenvalue weighted by atomic mass is 10.1. The minimum Gasteiger partial charge on any atom is -0.382 e. The van der Waals surface area contributed by atoms with Crippen LogP contribution in [0.25, 0.3) is 0 Å². The molecule has 1 N–H and O–H groups in total. The maximum absolute atomic E-state index is 5.50. The highest BCUT2D eigenvalue weighted by molar-refractivity contribution is 4.68. The summed E-state index contributed by atoms with van der Waals surface area (Å²) in [6.07, 6.45) is 1.24. The Hall–Kier alpha value is -0.160. The molecule has 0 amide bonds. The molecule has 1 saturated heterocycles. The fraction of sp³-hybridized carbons (Fsp3) is 1.00. The second-order valence-corrected chi connectivity index (χ2v) is 4.57. The van der Waals surface area contributed by atoms with E-state index in [2.05, 4.69) is 17.1 Å². The summed E-state index contributed by atoms with van der Waals surface area (Å²) in [5.74, 6) is 0.735. The summed E-state index contributed by atoms with van der Waals surface area (Å²) in [7, 11) is 1.70. The van der Waals surface area contributed by atoms with Gasteiger partial charge in [0, 0.05) is 20.2 Å². The molecule has 4 nitrogen and oxygen atoms in total. The molecule has 0 aromatic carbocycles. The van der Waals surface area contributed by atoms with Crippen LogP contribution in [0.4, 0.5) is 0 Å². The molecule has 0 aromatic rings. The quantitative estimate of drug-likeness (QED) is 0.677. The lowest BCUT2D eigenvalue weighted by molar-refractivity contribution is 0.0539. The highest BCUT2D eigenvalue weighted by Gasteiger charge is 2.12. The molecule has 96 valence electrons. The van der Waals surface area contributed by atoms with Gasteiger partial charge in [-0.2, -0.15) is 0 Å².